The van der Waals surface area contributed by atoms with E-state index in [-0.39, 0.29) is 47.4 Å². The van der Waals surface area contributed by atoms with Crippen LogP contribution in [0.4, 0.5) is 10.7 Å². The van der Waals surface area contributed by atoms with Crippen molar-refractivity contribution in [2.45, 2.75) is 117 Å². The number of fused-ring (bicyclic) bond motifs is 1. The molecule has 1 saturated carbocycles. The maximum Gasteiger partial charge on any atom is 0.414 e. The average molecular weight is 606 g/mol. The monoisotopic (exact) mass is 605 g/mol. The number of esters is 1. The van der Waals surface area contributed by atoms with Crippen LogP contribution in [-0.4, -0.2) is 39.0 Å². The van der Waals surface area contributed by atoms with Crippen LogP contribution in [-0.2, 0) is 20.7 Å². The van der Waals surface area contributed by atoms with Gasteiger partial charge in [0.25, 0.3) is 0 Å². The lowest BCUT2D eigenvalue weighted by atomic mass is 9.71. The number of carbonyl (C=O) groups is 3. The van der Waals surface area contributed by atoms with Crippen LogP contribution in [0.3, 0.4) is 0 Å². The molecule has 0 saturated heterocycles. The Hall–Kier alpha value is -3.75. The number of ether oxygens (including phenoxy) is 2. The molecule has 3 atom stereocenters. The molecule has 9 nitrogen and oxygen atoms in total. The number of amides is 1. The summed E-state index contributed by atoms with van der Waals surface area (Å²) in [5.74, 6) is 0.574. The topological polar surface area (TPSA) is 121 Å². The first-order chi connectivity index (χ1) is 20.5. The minimum Gasteiger partial charge on any atom is -0.460 e. The molecule has 0 bridgehead atoms. The zero-order valence-corrected chi connectivity index (χ0v) is 27.6. The molecule has 1 aliphatic rings. The lowest BCUT2D eigenvalue weighted by Crippen LogP contribution is -2.28. The van der Waals surface area contributed by atoms with E-state index in [2.05, 4.69) is 22.2 Å². The summed E-state index contributed by atoms with van der Waals surface area (Å²) in [6.07, 6.45) is 7.68. The molecule has 238 valence electrons. The molecule has 4 rings (SSSR count). The Kier molecular flexibility index (Phi) is 9.86. The first kappa shape index (κ1) is 33.1. The van der Waals surface area contributed by atoms with Crippen LogP contribution in [0.15, 0.2) is 35.1 Å². The van der Waals surface area contributed by atoms with Crippen LogP contribution in [0, 0.1) is 11.8 Å². The fraction of sp³-hybridized carbons (Fsp3) is 0.571. The summed E-state index contributed by atoms with van der Waals surface area (Å²) < 4.78 is 17.1. The SMILES string of the molecule is CC(C)c1cnc2c(C(=O)Cc3cnccc3[C@@H]3C[C@H](C)C[C@H](CC(=O)OC(C)(C)C)C3)c(NC(=O)OC(C)(C)C)oc2c1. The van der Waals surface area contributed by atoms with Crippen LogP contribution in [0.5, 0.6) is 0 Å². The van der Waals surface area contributed by atoms with E-state index in [0.717, 1.165) is 36.0 Å². The molecule has 1 fully saturated rings. The third-order valence-corrected chi connectivity index (χ3v) is 7.76. The van der Waals surface area contributed by atoms with Gasteiger partial charge in [0.1, 0.15) is 22.3 Å². The average Bonchev–Trinajstić information content (AvgIpc) is 3.23. The van der Waals surface area contributed by atoms with Gasteiger partial charge in [0.15, 0.2) is 11.4 Å². The van der Waals surface area contributed by atoms with E-state index in [1.54, 1.807) is 39.4 Å². The molecule has 0 spiro atoms. The molecular weight excluding hydrogens is 558 g/mol. The number of anilines is 1. The Morgan fingerprint density at radius 1 is 1.02 bits per heavy atom. The van der Waals surface area contributed by atoms with E-state index in [1.807, 2.05) is 46.8 Å². The minimum absolute atomic E-state index is 0.0156. The first-order valence-electron chi connectivity index (χ1n) is 15.6. The van der Waals surface area contributed by atoms with E-state index in [1.165, 1.54) is 0 Å². The van der Waals surface area contributed by atoms with Gasteiger partial charge in [0.05, 0.1) is 0 Å². The van der Waals surface area contributed by atoms with E-state index in [9.17, 15) is 14.4 Å². The predicted octanol–water partition coefficient (Wildman–Crippen LogP) is 8.37. The predicted molar refractivity (Wildman–Crippen MR) is 170 cm³/mol. The standard InChI is InChI=1S/C35H47N3O6/c1-20(2)24-17-28-31(37-19-24)30(32(42-28)38-33(41)44-35(7,8)9)27(39)16-25-18-36-11-10-26(25)23-13-21(3)12-22(14-23)15-29(40)43-34(4,5)6/h10-11,17-23H,12-16H2,1-9H3,(H,38,41)/t21-,22+,23-/m1/s1. The third-order valence-electron chi connectivity index (χ3n) is 7.76. The van der Waals surface area contributed by atoms with Crippen molar-refractivity contribution in [3.63, 3.8) is 0 Å². The molecule has 9 heteroatoms. The van der Waals surface area contributed by atoms with Crippen molar-refractivity contribution in [3.8, 4) is 0 Å². The largest absolute Gasteiger partial charge is 0.460 e. The summed E-state index contributed by atoms with van der Waals surface area (Å²) in [7, 11) is 0. The van der Waals surface area contributed by atoms with Gasteiger partial charge >= 0.3 is 12.1 Å². The zero-order valence-electron chi connectivity index (χ0n) is 27.6. The van der Waals surface area contributed by atoms with Gasteiger partial charge in [-0.1, -0.05) is 20.8 Å². The molecular formula is C35H47N3O6. The van der Waals surface area contributed by atoms with Gasteiger partial charge in [-0.05, 0) is 113 Å². The molecule has 1 N–H and O–H groups in total. The van der Waals surface area contributed by atoms with Crippen molar-refractivity contribution in [1.29, 1.82) is 0 Å². The van der Waals surface area contributed by atoms with E-state index in [0.29, 0.717) is 23.4 Å². The Bertz CT molecular complexity index is 1510. The zero-order chi connectivity index (χ0) is 32.4. The molecule has 0 aromatic carbocycles. The number of hydrogen-bond donors (Lipinski definition) is 1. The Balaban J connectivity index is 1.63. The van der Waals surface area contributed by atoms with Crippen molar-refractivity contribution < 1.29 is 28.3 Å². The van der Waals surface area contributed by atoms with Gasteiger partial charge in [-0.3, -0.25) is 24.9 Å². The van der Waals surface area contributed by atoms with Crippen LogP contribution < -0.4 is 5.32 Å². The molecule has 1 aliphatic carbocycles. The maximum atomic E-state index is 14.1. The second-order valence-electron chi connectivity index (χ2n) is 14.5. The van der Waals surface area contributed by atoms with Crippen molar-refractivity contribution >= 4 is 34.8 Å². The molecule has 3 heterocycles. The Morgan fingerprint density at radius 2 is 1.73 bits per heavy atom. The second-order valence-corrected chi connectivity index (χ2v) is 14.5. The number of carbonyl (C=O) groups excluding carboxylic acids is 3. The highest BCUT2D eigenvalue weighted by Crippen LogP contribution is 2.42. The fourth-order valence-electron chi connectivity index (χ4n) is 6.08. The Morgan fingerprint density at radius 3 is 2.39 bits per heavy atom. The molecule has 44 heavy (non-hydrogen) atoms. The highest BCUT2D eigenvalue weighted by molar-refractivity contribution is 6.12. The lowest BCUT2D eigenvalue weighted by molar-refractivity contribution is -0.156. The number of hydrogen-bond acceptors (Lipinski definition) is 8. The summed E-state index contributed by atoms with van der Waals surface area (Å²) in [5.41, 5.74) is 2.58. The first-order valence-corrected chi connectivity index (χ1v) is 15.6. The van der Waals surface area contributed by atoms with Gasteiger partial charge < -0.3 is 13.9 Å². The van der Waals surface area contributed by atoms with Gasteiger partial charge in [0.2, 0.25) is 5.88 Å². The summed E-state index contributed by atoms with van der Waals surface area (Å²) in [5, 5.41) is 2.65. The molecule has 3 aromatic heterocycles. The van der Waals surface area contributed by atoms with Crippen LogP contribution in [0.1, 0.15) is 127 Å². The summed E-state index contributed by atoms with van der Waals surface area (Å²) in [4.78, 5) is 48.4. The molecule has 0 aliphatic heterocycles. The third kappa shape index (κ3) is 8.67. The number of pyridine rings is 2. The highest BCUT2D eigenvalue weighted by atomic mass is 16.6. The number of furan rings is 1. The fourth-order valence-corrected chi connectivity index (χ4v) is 6.08. The molecule has 3 aromatic rings. The number of aromatic nitrogens is 2. The molecule has 0 radical (unpaired) electrons. The number of rotatable bonds is 8. The quantitative estimate of drug-likeness (QED) is 0.201. The lowest BCUT2D eigenvalue weighted by Gasteiger charge is -2.34. The normalized spacial score (nSPS) is 19.2. The van der Waals surface area contributed by atoms with Gasteiger partial charge in [-0.2, -0.15) is 0 Å². The van der Waals surface area contributed by atoms with Crippen molar-refractivity contribution in [2.24, 2.45) is 11.8 Å². The minimum atomic E-state index is -0.730. The Labute approximate surface area is 260 Å². The maximum absolute atomic E-state index is 14.1. The van der Waals surface area contributed by atoms with Crippen LogP contribution in [0.2, 0.25) is 0 Å². The van der Waals surface area contributed by atoms with Crippen molar-refractivity contribution in [3.05, 3.63) is 53.0 Å². The summed E-state index contributed by atoms with van der Waals surface area (Å²) >= 11 is 0. The summed E-state index contributed by atoms with van der Waals surface area (Å²) in [6.45, 7) is 17.3. The van der Waals surface area contributed by atoms with E-state index < -0.39 is 17.3 Å². The number of nitrogens with one attached hydrogen (secondary N) is 1. The van der Waals surface area contributed by atoms with Gasteiger partial charge in [0, 0.05) is 31.4 Å². The molecule has 0 unspecified atom stereocenters. The highest BCUT2D eigenvalue weighted by Gasteiger charge is 2.33. The smallest absolute Gasteiger partial charge is 0.414 e. The number of ketones is 1. The molecule has 1 amide bonds. The van der Waals surface area contributed by atoms with E-state index in [4.69, 9.17) is 13.9 Å². The van der Waals surface area contributed by atoms with Crippen molar-refractivity contribution in [1.82, 2.24) is 9.97 Å². The second kappa shape index (κ2) is 13.1. The van der Waals surface area contributed by atoms with Gasteiger partial charge in [-0.25, -0.2) is 4.79 Å². The van der Waals surface area contributed by atoms with Gasteiger partial charge in [-0.15, -0.1) is 0 Å². The van der Waals surface area contributed by atoms with Crippen molar-refractivity contribution in [2.75, 3.05) is 5.32 Å². The van der Waals surface area contributed by atoms with Crippen LogP contribution >= 0.6 is 0 Å². The number of nitrogens with zero attached hydrogens (tertiary/aromatic N) is 2. The van der Waals surface area contributed by atoms with Crippen LogP contribution in [0.25, 0.3) is 11.1 Å². The van der Waals surface area contributed by atoms with E-state index >= 15 is 0 Å². The summed E-state index contributed by atoms with van der Waals surface area (Å²) in [6, 6.07) is 3.84. The number of Topliss-reactive ketones (excluding diaryl/α,β-unsaturated/α-hetero) is 1.